The smallest absolute Gasteiger partial charge is 0.260 e. The zero-order valence-electron chi connectivity index (χ0n) is 19.9. The number of hydrazine groups is 1. The van der Waals surface area contributed by atoms with Crippen molar-refractivity contribution in [1.29, 1.82) is 0 Å². The monoisotopic (exact) mass is 460 g/mol. The second-order valence-electron chi connectivity index (χ2n) is 9.47. The number of aromatic nitrogens is 3. The minimum Gasteiger partial charge on any atom is -0.354 e. The van der Waals surface area contributed by atoms with Gasteiger partial charge in [0.05, 0.1) is 0 Å². The molecular weight excluding hydrogens is 428 g/mol. The van der Waals surface area contributed by atoms with Crippen LogP contribution in [0.3, 0.4) is 0 Å². The summed E-state index contributed by atoms with van der Waals surface area (Å²) < 4.78 is 1.67. The third-order valence-corrected chi connectivity index (χ3v) is 7.23. The van der Waals surface area contributed by atoms with Crippen molar-refractivity contribution in [1.82, 2.24) is 24.9 Å². The summed E-state index contributed by atoms with van der Waals surface area (Å²) in [5, 5.41) is 5.88. The van der Waals surface area contributed by atoms with E-state index in [0.29, 0.717) is 36.7 Å². The lowest BCUT2D eigenvalue weighted by Gasteiger charge is -2.19. The summed E-state index contributed by atoms with van der Waals surface area (Å²) in [6.45, 7) is 6.53. The first-order chi connectivity index (χ1) is 16.5. The summed E-state index contributed by atoms with van der Waals surface area (Å²) in [5.41, 5.74) is 6.37. The van der Waals surface area contributed by atoms with Gasteiger partial charge in [-0.25, -0.2) is 9.99 Å². The summed E-state index contributed by atoms with van der Waals surface area (Å²) in [5.74, 6) is 1.97. The Morgan fingerprint density at radius 1 is 1.15 bits per heavy atom. The molecule has 1 aliphatic heterocycles. The van der Waals surface area contributed by atoms with E-state index in [0.717, 1.165) is 41.4 Å². The molecule has 3 heterocycles. The Morgan fingerprint density at radius 2 is 1.91 bits per heavy atom. The van der Waals surface area contributed by atoms with Crippen LogP contribution in [0, 0.1) is 18.8 Å². The van der Waals surface area contributed by atoms with Crippen molar-refractivity contribution >= 4 is 22.9 Å². The Labute approximate surface area is 199 Å². The molecule has 0 spiro atoms. The number of anilines is 1. The average Bonchev–Trinajstić information content (AvgIpc) is 3.42. The number of carbonyl (C=O) groups is 1. The topological polar surface area (TPSA) is 92.1 Å². The van der Waals surface area contributed by atoms with Gasteiger partial charge >= 0.3 is 0 Å². The van der Waals surface area contributed by atoms with Gasteiger partial charge < -0.3 is 5.32 Å². The summed E-state index contributed by atoms with van der Waals surface area (Å²) in [6.07, 6.45) is 6.12. The highest BCUT2D eigenvalue weighted by atomic mass is 16.1. The van der Waals surface area contributed by atoms with Gasteiger partial charge in [0.25, 0.3) is 5.56 Å². The highest BCUT2D eigenvalue weighted by Gasteiger charge is 2.36. The van der Waals surface area contributed by atoms with E-state index >= 15 is 0 Å². The number of pyridine rings is 1. The second-order valence-corrected chi connectivity index (χ2v) is 9.47. The largest absolute Gasteiger partial charge is 0.354 e. The van der Waals surface area contributed by atoms with Crippen molar-refractivity contribution in [2.45, 2.75) is 46.1 Å². The maximum absolute atomic E-state index is 13.6. The van der Waals surface area contributed by atoms with Gasteiger partial charge in [-0.1, -0.05) is 37.6 Å². The first kappa shape index (κ1) is 22.5. The molecule has 2 atom stereocenters. The SMILES string of the molecule is CCC(=O)NCCn1c(=O)c(-c2ccccc2C)cc2cnc(NN3CC4CCCC4C3)nc21. The van der Waals surface area contributed by atoms with E-state index in [-0.39, 0.29) is 11.5 Å². The van der Waals surface area contributed by atoms with Gasteiger partial charge in [-0.2, -0.15) is 4.98 Å². The zero-order valence-corrected chi connectivity index (χ0v) is 19.9. The lowest BCUT2D eigenvalue weighted by Crippen LogP contribution is -2.32. The average molecular weight is 461 g/mol. The number of nitrogens with one attached hydrogen (secondary N) is 2. The number of rotatable bonds is 7. The Bertz CT molecular complexity index is 1260. The van der Waals surface area contributed by atoms with Crippen molar-refractivity contribution in [2.75, 3.05) is 25.1 Å². The van der Waals surface area contributed by atoms with Gasteiger partial charge in [-0.3, -0.25) is 19.6 Å². The normalized spacial score (nSPS) is 19.9. The van der Waals surface area contributed by atoms with E-state index < -0.39 is 0 Å². The Balaban J connectivity index is 1.50. The molecule has 1 amide bonds. The molecule has 178 valence electrons. The van der Waals surface area contributed by atoms with Gasteiger partial charge in [0.2, 0.25) is 11.9 Å². The van der Waals surface area contributed by atoms with Crippen LogP contribution in [0.15, 0.2) is 41.3 Å². The molecule has 5 rings (SSSR count). The van der Waals surface area contributed by atoms with E-state index in [1.165, 1.54) is 19.3 Å². The van der Waals surface area contributed by atoms with Crippen LogP contribution in [0.5, 0.6) is 0 Å². The predicted octanol–water partition coefficient (Wildman–Crippen LogP) is 3.35. The number of hydrogen-bond acceptors (Lipinski definition) is 6. The third kappa shape index (κ3) is 4.42. The first-order valence-corrected chi connectivity index (χ1v) is 12.3. The molecule has 1 aromatic carbocycles. The van der Waals surface area contributed by atoms with Crippen molar-refractivity contribution < 1.29 is 4.79 Å². The Hall–Kier alpha value is -3.26. The molecule has 8 heteroatoms. The predicted molar refractivity (Wildman–Crippen MR) is 133 cm³/mol. The van der Waals surface area contributed by atoms with Crippen LogP contribution in [0.25, 0.3) is 22.2 Å². The number of nitrogens with zero attached hydrogens (tertiary/aromatic N) is 4. The van der Waals surface area contributed by atoms with Gasteiger partial charge in [0.15, 0.2) is 0 Å². The molecule has 2 unspecified atom stereocenters. The zero-order chi connectivity index (χ0) is 23.7. The minimum absolute atomic E-state index is 0.0380. The van der Waals surface area contributed by atoms with Crippen LogP contribution in [0.1, 0.15) is 38.2 Å². The molecule has 3 aromatic rings. The highest BCUT2D eigenvalue weighted by molar-refractivity contribution is 5.82. The Morgan fingerprint density at radius 3 is 2.65 bits per heavy atom. The Kier molecular flexibility index (Phi) is 6.32. The van der Waals surface area contributed by atoms with E-state index in [9.17, 15) is 9.59 Å². The summed E-state index contributed by atoms with van der Waals surface area (Å²) >= 11 is 0. The number of hydrogen-bond donors (Lipinski definition) is 2. The van der Waals surface area contributed by atoms with E-state index in [1.54, 1.807) is 10.8 Å². The van der Waals surface area contributed by atoms with Gasteiger partial charge in [0, 0.05) is 49.7 Å². The number of benzene rings is 1. The molecule has 34 heavy (non-hydrogen) atoms. The number of fused-ring (bicyclic) bond motifs is 2. The van der Waals surface area contributed by atoms with Crippen molar-refractivity contribution in [3.05, 3.63) is 52.4 Å². The van der Waals surface area contributed by atoms with E-state index in [2.05, 4.69) is 20.7 Å². The lowest BCUT2D eigenvalue weighted by atomic mass is 10.0. The summed E-state index contributed by atoms with van der Waals surface area (Å²) in [6, 6.07) is 9.74. The standard InChI is InChI=1S/C26H32N6O2/c1-3-23(33)27-11-12-32-24-20(13-22(25(32)34)21-10-5-4-7-17(21)2)14-28-26(29-24)30-31-15-18-8-6-9-19(18)16-31/h4-5,7,10,13-14,18-19H,3,6,8-9,11-12,15-16H2,1-2H3,(H,27,33)(H,28,29,30). The van der Waals surface area contributed by atoms with Crippen LogP contribution in [0.2, 0.25) is 0 Å². The molecule has 2 N–H and O–H groups in total. The summed E-state index contributed by atoms with van der Waals surface area (Å²) in [7, 11) is 0. The molecular formula is C26H32N6O2. The van der Waals surface area contributed by atoms with E-state index in [1.807, 2.05) is 44.2 Å². The second kappa shape index (κ2) is 9.54. The van der Waals surface area contributed by atoms with Crippen molar-refractivity contribution in [3.8, 4) is 11.1 Å². The van der Waals surface area contributed by atoms with Crippen molar-refractivity contribution in [2.24, 2.45) is 11.8 Å². The van der Waals surface area contributed by atoms with Crippen LogP contribution >= 0.6 is 0 Å². The molecule has 1 aliphatic carbocycles. The maximum atomic E-state index is 13.6. The van der Waals surface area contributed by atoms with Crippen LogP contribution < -0.4 is 16.3 Å². The minimum atomic E-state index is -0.118. The fourth-order valence-corrected chi connectivity index (χ4v) is 5.39. The van der Waals surface area contributed by atoms with Crippen LogP contribution in [-0.2, 0) is 11.3 Å². The van der Waals surface area contributed by atoms with Gasteiger partial charge in [-0.05, 0) is 48.8 Å². The fourth-order valence-electron chi connectivity index (χ4n) is 5.39. The lowest BCUT2D eigenvalue weighted by molar-refractivity contribution is -0.120. The maximum Gasteiger partial charge on any atom is 0.260 e. The molecule has 2 aromatic heterocycles. The van der Waals surface area contributed by atoms with Gasteiger partial charge in [-0.15, -0.1) is 0 Å². The van der Waals surface area contributed by atoms with Crippen LogP contribution in [0.4, 0.5) is 5.95 Å². The molecule has 8 nitrogen and oxygen atoms in total. The number of aryl methyl sites for hydroxylation is 1. The molecule has 0 bridgehead atoms. The molecule has 1 saturated heterocycles. The van der Waals surface area contributed by atoms with E-state index in [4.69, 9.17) is 4.98 Å². The third-order valence-electron chi connectivity index (χ3n) is 7.23. The first-order valence-electron chi connectivity index (χ1n) is 12.3. The van der Waals surface area contributed by atoms with Crippen molar-refractivity contribution in [3.63, 3.8) is 0 Å². The van der Waals surface area contributed by atoms with Crippen LogP contribution in [-0.4, -0.2) is 45.1 Å². The molecule has 2 aliphatic rings. The quantitative estimate of drug-likeness (QED) is 0.562. The number of amides is 1. The number of carbonyl (C=O) groups excluding carboxylic acids is 1. The van der Waals surface area contributed by atoms with Gasteiger partial charge in [0.1, 0.15) is 5.65 Å². The fraction of sp³-hybridized carbons (Fsp3) is 0.462. The molecule has 2 fully saturated rings. The molecule has 1 saturated carbocycles. The summed E-state index contributed by atoms with van der Waals surface area (Å²) in [4.78, 5) is 34.7. The molecule has 0 radical (unpaired) electrons. The highest BCUT2D eigenvalue weighted by Crippen LogP contribution is 2.37.